The minimum atomic E-state index is -0.607. The predicted molar refractivity (Wildman–Crippen MR) is 71.2 cm³/mol. The van der Waals surface area contributed by atoms with E-state index in [-0.39, 0.29) is 12.5 Å². The lowest BCUT2D eigenvalue weighted by molar-refractivity contribution is 0.0835. The molecule has 0 radical (unpaired) electrons. The highest BCUT2D eigenvalue weighted by molar-refractivity contribution is 5.25. The van der Waals surface area contributed by atoms with Crippen molar-refractivity contribution in [3.8, 4) is 0 Å². The Morgan fingerprint density at radius 3 is 2.35 bits per heavy atom. The molecule has 0 aliphatic carbocycles. The van der Waals surface area contributed by atoms with Crippen molar-refractivity contribution in [2.75, 3.05) is 6.61 Å². The van der Waals surface area contributed by atoms with Crippen molar-refractivity contribution in [3.63, 3.8) is 0 Å². The molecule has 1 aromatic carbocycles. The molecule has 17 heavy (non-hydrogen) atoms. The van der Waals surface area contributed by atoms with E-state index < -0.39 is 6.10 Å². The van der Waals surface area contributed by atoms with Crippen LogP contribution in [0.25, 0.3) is 0 Å². The van der Waals surface area contributed by atoms with E-state index >= 15 is 0 Å². The quantitative estimate of drug-likeness (QED) is 0.764. The van der Waals surface area contributed by atoms with E-state index in [4.69, 9.17) is 5.11 Å². The van der Waals surface area contributed by atoms with E-state index in [9.17, 15) is 5.11 Å². The first-order valence-electron chi connectivity index (χ1n) is 6.55. The van der Waals surface area contributed by atoms with Gasteiger partial charge in [0.15, 0.2) is 0 Å². The number of hydrogen-bond acceptors (Lipinski definition) is 2. The maximum absolute atomic E-state index is 9.41. The first-order valence-corrected chi connectivity index (χ1v) is 6.55. The van der Waals surface area contributed by atoms with Gasteiger partial charge in [-0.1, -0.05) is 44.5 Å². The van der Waals surface area contributed by atoms with E-state index in [1.807, 2.05) is 0 Å². The van der Waals surface area contributed by atoms with Gasteiger partial charge in [-0.25, -0.2) is 0 Å². The van der Waals surface area contributed by atoms with Crippen molar-refractivity contribution < 1.29 is 10.2 Å². The molecule has 1 rings (SSSR count). The molecule has 0 amide bonds. The molecule has 2 N–H and O–H groups in total. The SMILES string of the molecule is CCCCc1ccc(C(C)CC(O)CO)cc1. The molecule has 2 atom stereocenters. The van der Waals surface area contributed by atoms with E-state index in [1.165, 1.54) is 24.0 Å². The number of aliphatic hydroxyl groups excluding tert-OH is 2. The van der Waals surface area contributed by atoms with Gasteiger partial charge in [0, 0.05) is 0 Å². The van der Waals surface area contributed by atoms with Gasteiger partial charge in [0.05, 0.1) is 12.7 Å². The molecule has 0 saturated heterocycles. The van der Waals surface area contributed by atoms with Crippen molar-refractivity contribution in [1.82, 2.24) is 0 Å². The van der Waals surface area contributed by atoms with Crippen LogP contribution in [-0.2, 0) is 6.42 Å². The maximum atomic E-state index is 9.41. The highest BCUT2D eigenvalue weighted by Crippen LogP contribution is 2.21. The molecule has 0 heterocycles. The summed E-state index contributed by atoms with van der Waals surface area (Å²) in [6.45, 7) is 4.13. The Morgan fingerprint density at radius 2 is 1.82 bits per heavy atom. The van der Waals surface area contributed by atoms with Crippen LogP contribution in [0, 0.1) is 0 Å². The summed E-state index contributed by atoms with van der Waals surface area (Å²) in [7, 11) is 0. The number of aliphatic hydroxyl groups is 2. The lowest BCUT2D eigenvalue weighted by atomic mass is 9.94. The Kier molecular flexibility index (Phi) is 6.23. The molecule has 0 aliphatic rings. The third kappa shape index (κ3) is 4.88. The standard InChI is InChI=1S/C15H24O2/c1-3-4-5-13-6-8-14(9-7-13)12(2)10-15(17)11-16/h6-9,12,15-17H,3-5,10-11H2,1-2H3. The van der Waals surface area contributed by atoms with Crippen LogP contribution in [0.5, 0.6) is 0 Å². The number of aryl methyl sites for hydroxylation is 1. The Bertz CT molecular complexity index is 305. The zero-order chi connectivity index (χ0) is 12.7. The second-order valence-electron chi connectivity index (χ2n) is 4.82. The zero-order valence-corrected chi connectivity index (χ0v) is 10.9. The van der Waals surface area contributed by atoms with Gasteiger partial charge in [0.25, 0.3) is 0 Å². The molecule has 1 aromatic rings. The van der Waals surface area contributed by atoms with Crippen molar-refractivity contribution in [1.29, 1.82) is 0 Å². The van der Waals surface area contributed by atoms with E-state index in [0.29, 0.717) is 6.42 Å². The first-order chi connectivity index (χ1) is 8.17. The molecule has 0 saturated carbocycles. The lowest BCUT2D eigenvalue weighted by Gasteiger charge is -2.15. The van der Waals surface area contributed by atoms with Crippen molar-refractivity contribution in [2.24, 2.45) is 0 Å². The Balaban J connectivity index is 2.54. The van der Waals surface area contributed by atoms with Crippen LogP contribution in [-0.4, -0.2) is 22.9 Å². The highest BCUT2D eigenvalue weighted by atomic mass is 16.3. The van der Waals surface area contributed by atoms with Gasteiger partial charge in [0.2, 0.25) is 0 Å². The number of hydrogen-bond donors (Lipinski definition) is 2. The lowest BCUT2D eigenvalue weighted by Crippen LogP contribution is -2.14. The third-order valence-electron chi connectivity index (χ3n) is 3.20. The van der Waals surface area contributed by atoms with Crippen LogP contribution < -0.4 is 0 Å². The van der Waals surface area contributed by atoms with Crippen LogP contribution in [0.15, 0.2) is 24.3 Å². The van der Waals surface area contributed by atoms with Gasteiger partial charge in [-0.15, -0.1) is 0 Å². The molecule has 0 fully saturated rings. The summed E-state index contributed by atoms with van der Waals surface area (Å²) in [6.07, 6.45) is 3.61. The number of benzene rings is 1. The molecule has 2 nitrogen and oxygen atoms in total. The smallest absolute Gasteiger partial charge is 0.0776 e. The summed E-state index contributed by atoms with van der Waals surface area (Å²) in [6, 6.07) is 8.62. The van der Waals surface area contributed by atoms with Crippen LogP contribution in [0.1, 0.15) is 50.2 Å². The summed E-state index contributed by atoms with van der Waals surface area (Å²) < 4.78 is 0. The fourth-order valence-electron chi connectivity index (χ4n) is 2.01. The second kappa shape index (κ2) is 7.46. The molecule has 96 valence electrons. The highest BCUT2D eigenvalue weighted by Gasteiger charge is 2.11. The molecular weight excluding hydrogens is 212 g/mol. The largest absolute Gasteiger partial charge is 0.394 e. The molecule has 2 unspecified atom stereocenters. The molecule has 0 spiro atoms. The van der Waals surface area contributed by atoms with Crippen molar-refractivity contribution in [2.45, 2.75) is 51.6 Å². The summed E-state index contributed by atoms with van der Waals surface area (Å²) in [5.74, 6) is 0.289. The Morgan fingerprint density at radius 1 is 1.18 bits per heavy atom. The summed E-state index contributed by atoms with van der Waals surface area (Å²) in [5, 5.41) is 18.2. The average molecular weight is 236 g/mol. The van der Waals surface area contributed by atoms with Gasteiger partial charge in [-0.3, -0.25) is 0 Å². The minimum Gasteiger partial charge on any atom is -0.394 e. The maximum Gasteiger partial charge on any atom is 0.0776 e. The van der Waals surface area contributed by atoms with Gasteiger partial charge < -0.3 is 10.2 Å². The average Bonchev–Trinajstić information content (AvgIpc) is 2.36. The molecule has 0 aromatic heterocycles. The minimum absolute atomic E-state index is 0.154. The van der Waals surface area contributed by atoms with Crippen molar-refractivity contribution >= 4 is 0 Å². The fraction of sp³-hybridized carbons (Fsp3) is 0.600. The molecular formula is C15H24O2. The summed E-state index contributed by atoms with van der Waals surface area (Å²) in [5.41, 5.74) is 2.61. The van der Waals surface area contributed by atoms with Gasteiger partial charge >= 0.3 is 0 Å². The van der Waals surface area contributed by atoms with Gasteiger partial charge in [-0.05, 0) is 36.3 Å². The van der Waals surface area contributed by atoms with E-state index in [0.717, 1.165) is 6.42 Å². The Hall–Kier alpha value is -0.860. The predicted octanol–water partition coefficient (Wildman–Crippen LogP) is 2.88. The van der Waals surface area contributed by atoms with Crippen LogP contribution in [0.4, 0.5) is 0 Å². The van der Waals surface area contributed by atoms with Gasteiger partial charge in [0.1, 0.15) is 0 Å². The molecule has 0 bridgehead atoms. The Labute approximate surface area is 104 Å². The van der Waals surface area contributed by atoms with E-state index in [1.54, 1.807) is 0 Å². The number of unbranched alkanes of at least 4 members (excludes halogenated alkanes) is 1. The number of rotatable bonds is 7. The third-order valence-corrected chi connectivity index (χ3v) is 3.20. The molecule has 2 heteroatoms. The summed E-state index contributed by atoms with van der Waals surface area (Å²) in [4.78, 5) is 0. The van der Waals surface area contributed by atoms with E-state index in [2.05, 4.69) is 38.1 Å². The summed E-state index contributed by atoms with van der Waals surface area (Å²) >= 11 is 0. The second-order valence-corrected chi connectivity index (χ2v) is 4.82. The fourth-order valence-corrected chi connectivity index (χ4v) is 2.01. The van der Waals surface area contributed by atoms with Gasteiger partial charge in [-0.2, -0.15) is 0 Å². The zero-order valence-electron chi connectivity index (χ0n) is 10.9. The van der Waals surface area contributed by atoms with Crippen molar-refractivity contribution in [3.05, 3.63) is 35.4 Å². The molecule has 0 aliphatic heterocycles. The van der Waals surface area contributed by atoms with Crippen LogP contribution in [0.3, 0.4) is 0 Å². The van der Waals surface area contributed by atoms with Crippen LogP contribution >= 0.6 is 0 Å². The topological polar surface area (TPSA) is 40.5 Å². The first kappa shape index (κ1) is 14.2. The van der Waals surface area contributed by atoms with Crippen LogP contribution in [0.2, 0.25) is 0 Å². The monoisotopic (exact) mass is 236 g/mol. The normalized spacial score (nSPS) is 14.6.